The van der Waals surface area contributed by atoms with E-state index in [9.17, 15) is 14.0 Å². The topological polar surface area (TPSA) is 123 Å². The quantitative estimate of drug-likeness (QED) is 0.512. The first kappa shape index (κ1) is 18.3. The molecule has 29 heavy (non-hydrogen) atoms. The maximum atomic E-state index is 13.7. The molecule has 0 bridgehead atoms. The third kappa shape index (κ3) is 3.81. The Balaban J connectivity index is 1.49. The number of hydrogen-bond acceptors (Lipinski definition) is 6. The Morgan fingerprint density at radius 3 is 2.86 bits per heavy atom. The van der Waals surface area contributed by atoms with Crippen LogP contribution in [0, 0.1) is 5.82 Å². The minimum atomic E-state index is -1.34. The van der Waals surface area contributed by atoms with Crippen molar-refractivity contribution in [2.45, 2.75) is 13.2 Å². The number of nitrogens with zero attached hydrogens (tertiary/aromatic N) is 4. The number of halogens is 1. The highest BCUT2D eigenvalue weighted by Crippen LogP contribution is 2.14. The summed E-state index contributed by atoms with van der Waals surface area (Å²) in [5.74, 6) is -1.53. The van der Waals surface area contributed by atoms with Gasteiger partial charge in [0.2, 0.25) is 11.3 Å². The van der Waals surface area contributed by atoms with Crippen LogP contribution in [0.3, 0.4) is 0 Å². The number of nitrogens with one attached hydrogen (secondary N) is 1. The van der Waals surface area contributed by atoms with Gasteiger partial charge in [0.15, 0.2) is 0 Å². The Labute approximate surface area is 162 Å². The molecule has 3 heterocycles. The summed E-state index contributed by atoms with van der Waals surface area (Å²) < 4.78 is 20.8. The normalized spacial score (nSPS) is 10.9. The van der Waals surface area contributed by atoms with Crippen molar-refractivity contribution in [1.29, 1.82) is 0 Å². The molecule has 0 aliphatic heterocycles. The molecule has 0 aliphatic rings. The first-order valence-electron chi connectivity index (χ1n) is 8.52. The second kappa shape index (κ2) is 7.50. The number of carbonyl (C=O) groups is 1. The Morgan fingerprint density at radius 1 is 1.24 bits per heavy atom. The molecule has 0 saturated carbocycles. The molecule has 0 atom stereocenters. The molecule has 0 saturated heterocycles. The Kier molecular flexibility index (Phi) is 4.73. The van der Waals surface area contributed by atoms with E-state index in [2.05, 4.69) is 20.3 Å². The van der Waals surface area contributed by atoms with E-state index in [-0.39, 0.29) is 30.4 Å². The molecule has 3 aromatic heterocycles. The third-order valence-corrected chi connectivity index (χ3v) is 4.18. The van der Waals surface area contributed by atoms with Crippen molar-refractivity contribution in [1.82, 2.24) is 25.0 Å². The smallest absolute Gasteiger partial charge is 0.341 e. The lowest BCUT2D eigenvalue weighted by atomic mass is 10.2. The molecule has 0 aliphatic carbocycles. The van der Waals surface area contributed by atoms with Crippen molar-refractivity contribution in [3.8, 4) is 5.88 Å². The molecule has 0 unspecified atom stereocenters. The van der Waals surface area contributed by atoms with Gasteiger partial charge in [0.05, 0.1) is 18.3 Å². The second-order valence-electron chi connectivity index (χ2n) is 6.17. The molecule has 1 aromatic carbocycles. The number of benzene rings is 1. The minimum absolute atomic E-state index is 0.0201. The fourth-order valence-corrected chi connectivity index (χ4v) is 2.74. The van der Waals surface area contributed by atoms with Crippen LogP contribution in [0.25, 0.3) is 11.0 Å². The van der Waals surface area contributed by atoms with E-state index in [0.717, 1.165) is 6.20 Å². The zero-order chi connectivity index (χ0) is 20.4. The first-order chi connectivity index (χ1) is 14.0. The summed E-state index contributed by atoms with van der Waals surface area (Å²) in [4.78, 5) is 30.1. The summed E-state index contributed by atoms with van der Waals surface area (Å²) in [7, 11) is 0. The van der Waals surface area contributed by atoms with Crippen molar-refractivity contribution < 1.29 is 19.0 Å². The zero-order valence-corrected chi connectivity index (χ0v) is 14.9. The van der Waals surface area contributed by atoms with E-state index in [1.165, 1.54) is 10.7 Å². The first-order valence-corrected chi connectivity index (χ1v) is 8.52. The van der Waals surface area contributed by atoms with Gasteiger partial charge in [-0.1, -0.05) is 23.4 Å². The molecule has 0 fully saturated rings. The minimum Gasteiger partial charge on any atom is -0.477 e. The molecular formula is C19H14FN5O4. The number of carboxylic acid groups (broad SMARTS) is 1. The molecule has 10 heteroatoms. The van der Waals surface area contributed by atoms with E-state index >= 15 is 0 Å². The predicted octanol–water partition coefficient (Wildman–Crippen LogP) is 1.98. The van der Waals surface area contributed by atoms with Crippen LogP contribution in [-0.2, 0) is 13.2 Å². The number of pyridine rings is 2. The maximum Gasteiger partial charge on any atom is 0.341 e. The summed E-state index contributed by atoms with van der Waals surface area (Å²) in [6.45, 7) is 0.244. The van der Waals surface area contributed by atoms with Gasteiger partial charge in [-0.2, -0.15) is 0 Å². The molecule has 9 nitrogen and oxygen atoms in total. The van der Waals surface area contributed by atoms with Gasteiger partial charge in [-0.3, -0.25) is 4.79 Å². The number of fused-ring (bicyclic) bond motifs is 1. The largest absolute Gasteiger partial charge is 0.477 e. The molecule has 0 spiro atoms. The second-order valence-corrected chi connectivity index (χ2v) is 6.17. The van der Waals surface area contributed by atoms with E-state index in [1.807, 2.05) is 0 Å². The highest BCUT2D eigenvalue weighted by Gasteiger charge is 2.13. The SMILES string of the molecule is O=C(O)c1c[nH]c2ccc(OCc3cn(Cc4ccccc4F)nn3)nc2c1=O. The van der Waals surface area contributed by atoms with E-state index in [4.69, 9.17) is 9.84 Å². The number of aromatic nitrogens is 5. The van der Waals surface area contributed by atoms with E-state index < -0.39 is 17.0 Å². The third-order valence-electron chi connectivity index (χ3n) is 4.18. The lowest BCUT2D eigenvalue weighted by Crippen LogP contribution is -2.16. The van der Waals surface area contributed by atoms with E-state index in [1.54, 1.807) is 36.5 Å². The highest BCUT2D eigenvalue weighted by atomic mass is 19.1. The molecule has 4 aromatic rings. The van der Waals surface area contributed by atoms with Gasteiger partial charge < -0.3 is 14.8 Å². The summed E-state index contributed by atoms with van der Waals surface area (Å²) in [6, 6.07) is 9.50. The highest BCUT2D eigenvalue weighted by molar-refractivity contribution is 5.91. The van der Waals surface area contributed by atoms with E-state index in [0.29, 0.717) is 16.8 Å². The number of aromatic amines is 1. The van der Waals surface area contributed by atoms with Gasteiger partial charge in [-0.15, -0.1) is 5.10 Å². The zero-order valence-electron chi connectivity index (χ0n) is 14.9. The fraction of sp³-hybridized carbons (Fsp3) is 0.105. The monoisotopic (exact) mass is 395 g/mol. The van der Waals surface area contributed by atoms with Crippen molar-refractivity contribution in [2.24, 2.45) is 0 Å². The van der Waals surface area contributed by atoms with Gasteiger partial charge in [-0.25, -0.2) is 18.9 Å². The van der Waals surface area contributed by atoms with Gasteiger partial charge in [0, 0.05) is 17.8 Å². The molecular weight excluding hydrogens is 381 g/mol. The maximum absolute atomic E-state index is 13.7. The lowest BCUT2D eigenvalue weighted by molar-refractivity contribution is 0.0695. The average Bonchev–Trinajstić information content (AvgIpc) is 3.16. The molecule has 0 amide bonds. The van der Waals surface area contributed by atoms with Crippen LogP contribution < -0.4 is 10.2 Å². The number of aromatic carboxylic acids is 1. The standard InChI is InChI=1S/C19H14FN5O4/c20-14-4-2-1-3-11(14)8-25-9-12(23-24-25)10-29-16-6-5-15-17(22-16)18(26)13(7-21-15)19(27)28/h1-7,9H,8,10H2,(H,21,26)(H,27,28). The van der Waals surface area contributed by atoms with Crippen LogP contribution in [0.2, 0.25) is 0 Å². The van der Waals surface area contributed by atoms with Gasteiger partial charge in [0.1, 0.15) is 29.2 Å². The van der Waals surface area contributed by atoms with Crippen LogP contribution in [0.1, 0.15) is 21.6 Å². The Hall–Kier alpha value is -4.08. The summed E-state index contributed by atoms with van der Waals surface area (Å²) in [6.07, 6.45) is 2.74. The van der Waals surface area contributed by atoms with Crippen LogP contribution in [0.5, 0.6) is 5.88 Å². The van der Waals surface area contributed by atoms with Crippen LogP contribution in [0.15, 0.2) is 53.6 Å². The number of rotatable bonds is 6. The van der Waals surface area contributed by atoms with Crippen LogP contribution >= 0.6 is 0 Å². The van der Waals surface area contributed by atoms with Crippen LogP contribution in [0.4, 0.5) is 4.39 Å². The lowest BCUT2D eigenvalue weighted by Gasteiger charge is -2.05. The predicted molar refractivity (Wildman–Crippen MR) is 99.2 cm³/mol. The Morgan fingerprint density at radius 2 is 2.07 bits per heavy atom. The number of ether oxygens (including phenoxy) is 1. The average molecular weight is 395 g/mol. The fourth-order valence-electron chi connectivity index (χ4n) is 2.74. The van der Waals surface area contributed by atoms with Crippen molar-refractivity contribution >= 4 is 17.0 Å². The Bertz CT molecular complexity index is 1270. The molecule has 146 valence electrons. The van der Waals surface area contributed by atoms with Crippen LogP contribution in [-0.4, -0.2) is 36.0 Å². The van der Waals surface area contributed by atoms with Crippen molar-refractivity contribution in [3.63, 3.8) is 0 Å². The molecule has 2 N–H and O–H groups in total. The molecule has 0 radical (unpaired) electrons. The van der Waals surface area contributed by atoms with Gasteiger partial charge >= 0.3 is 5.97 Å². The summed E-state index contributed by atoms with van der Waals surface area (Å²) in [5, 5.41) is 17.0. The number of hydrogen-bond donors (Lipinski definition) is 2. The van der Waals surface area contributed by atoms with Gasteiger partial charge in [0.25, 0.3) is 0 Å². The summed E-state index contributed by atoms with van der Waals surface area (Å²) in [5.41, 5.74) is 0.213. The number of carboxylic acids is 1. The summed E-state index contributed by atoms with van der Waals surface area (Å²) >= 11 is 0. The molecule has 4 rings (SSSR count). The van der Waals surface area contributed by atoms with Gasteiger partial charge in [-0.05, 0) is 12.1 Å². The van der Waals surface area contributed by atoms with Crippen molar-refractivity contribution in [2.75, 3.05) is 0 Å². The number of H-pyrrole nitrogens is 1. The van der Waals surface area contributed by atoms with Crippen molar-refractivity contribution in [3.05, 3.63) is 81.7 Å².